The minimum atomic E-state index is 0.117. The molecule has 2 saturated heterocycles. The number of hydrogen-bond acceptors (Lipinski definition) is 4. The fraction of sp³-hybridized carbons (Fsp3) is 0.909. The summed E-state index contributed by atoms with van der Waals surface area (Å²) in [6.45, 7) is 6.14. The van der Waals surface area contributed by atoms with Crippen molar-refractivity contribution in [2.24, 2.45) is 0 Å². The normalized spacial score (nSPS) is 27.3. The fourth-order valence-electron chi connectivity index (χ4n) is 2.50. The first-order chi connectivity index (χ1) is 7.81. The fourth-order valence-corrected chi connectivity index (χ4v) is 2.50. The number of carbonyl (C=O) groups excluding carboxylic acids is 1. The molecular weight excluding hydrogens is 206 g/mol. The molecule has 1 atom stereocenters. The van der Waals surface area contributed by atoms with Gasteiger partial charge in [0.05, 0.1) is 0 Å². The SMILES string of the molecule is COCC(=O)N1CCN(C2CCNC2)CC1. The molecule has 0 aromatic carbocycles. The predicted octanol–water partition coefficient (Wildman–Crippen LogP) is -0.861. The lowest BCUT2D eigenvalue weighted by Crippen LogP contribution is -2.53. The summed E-state index contributed by atoms with van der Waals surface area (Å²) in [4.78, 5) is 16.0. The summed E-state index contributed by atoms with van der Waals surface area (Å²) in [6, 6.07) is 0.680. The van der Waals surface area contributed by atoms with E-state index in [1.807, 2.05) is 4.90 Å². The van der Waals surface area contributed by atoms with E-state index in [4.69, 9.17) is 4.74 Å². The highest BCUT2D eigenvalue weighted by atomic mass is 16.5. The second kappa shape index (κ2) is 5.61. The van der Waals surface area contributed by atoms with Gasteiger partial charge in [-0.15, -0.1) is 0 Å². The smallest absolute Gasteiger partial charge is 0.248 e. The van der Waals surface area contributed by atoms with Crippen LogP contribution in [0.2, 0.25) is 0 Å². The molecule has 0 bridgehead atoms. The summed E-state index contributed by atoms with van der Waals surface area (Å²) in [5.41, 5.74) is 0. The molecule has 92 valence electrons. The van der Waals surface area contributed by atoms with Crippen molar-refractivity contribution in [1.82, 2.24) is 15.1 Å². The van der Waals surface area contributed by atoms with Gasteiger partial charge in [0.1, 0.15) is 6.61 Å². The first kappa shape index (κ1) is 11.8. The van der Waals surface area contributed by atoms with E-state index in [0.29, 0.717) is 6.04 Å². The van der Waals surface area contributed by atoms with E-state index in [2.05, 4.69) is 10.2 Å². The van der Waals surface area contributed by atoms with Gasteiger partial charge in [-0.05, 0) is 13.0 Å². The highest BCUT2D eigenvalue weighted by Crippen LogP contribution is 2.11. The van der Waals surface area contributed by atoms with Crippen molar-refractivity contribution in [2.75, 3.05) is 53.0 Å². The molecule has 1 N–H and O–H groups in total. The van der Waals surface area contributed by atoms with Gasteiger partial charge in [0, 0.05) is 45.9 Å². The average molecular weight is 227 g/mol. The van der Waals surface area contributed by atoms with Gasteiger partial charge in [0.2, 0.25) is 5.91 Å². The Kier molecular flexibility index (Phi) is 4.15. The summed E-state index contributed by atoms with van der Waals surface area (Å²) in [6.07, 6.45) is 1.24. The van der Waals surface area contributed by atoms with Gasteiger partial charge in [0.25, 0.3) is 0 Å². The Bertz CT molecular complexity index is 233. The molecule has 0 saturated carbocycles. The highest BCUT2D eigenvalue weighted by Gasteiger charge is 2.27. The zero-order valence-electron chi connectivity index (χ0n) is 9.95. The van der Waals surface area contributed by atoms with Crippen molar-refractivity contribution in [2.45, 2.75) is 12.5 Å². The molecular formula is C11H21N3O2. The minimum Gasteiger partial charge on any atom is -0.375 e. The van der Waals surface area contributed by atoms with Crippen molar-refractivity contribution >= 4 is 5.91 Å². The Morgan fingerprint density at radius 3 is 2.69 bits per heavy atom. The quantitative estimate of drug-likeness (QED) is 0.681. The van der Waals surface area contributed by atoms with Gasteiger partial charge < -0.3 is 15.0 Å². The monoisotopic (exact) mass is 227 g/mol. The second-order valence-electron chi connectivity index (χ2n) is 4.50. The van der Waals surface area contributed by atoms with Gasteiger partial charge >= 0.3 is 0 Å². The van der Waals surface area contributed by atoms with E-state index in [9.17, 15) is 4.79 Å². The maximum absolute atomic E-state index is 11.6. The van der Waals surface area contributed by atoms with Crippen LogP contribution in [0.5, 0.6) is 0 Å². The van der Waals surface area contributed by atoms with E-state index in [1.54, 1.807) is 7.11 Å². The summed E-state index contributed by atoms with van der Waals surface area (Å²) in [5.74, 6) is 0.117. The Balaban J connectivity index is 1.75. The van der Waals surface area contributed by atoms with Crippen LogP contribution < -0.4 is 5.32 Å². The maximum Gasteiger partial charge on any atom is 0.248 e. The third-order valence-electron chi connectivity index (χ3n) is 3.49. The van der Waals surface area contributed by atoms with Crippen molar-refractivity contribution in [3.8, 4) is 0 Å². The lowest BCUT2D eigenvalue weighted by molar-refractivity contribution is -0.137. The van der Waals surface area contributed by atoms with Crippen molar-refractivity contribution in [3.63, 3.8) is 0 Å². The van der Waals surface area contributed by atoms with Crippen molar-refractivity contribution < 1.29 is 9.53 Å². The molecule has 16 heavy (non-hydrogen) atoms. The van der Waals surface area contributed by atoms with Crippen LogP contribution in [0.3, 0.4) is 0 Å². The third kappa shape index (κ3) is 2.72. The molecule has 2 rings (SSSR count). The van der Waals surface area contributed by atoms with Crippen LogP contribution in [-0.2, 0) is 9.53 Å². The average Bonchev–Trinajstić information content (AvgIpc) is 2.83. The number of ether oxygens (including phenoxy) is 1. The first-order valence-electron chi connectivity index (χ1n) is 6.02. The first-order valence-corrected chi connectivity index (χ1v) is 6.02. The molecule has 0 aromatic rings. The molecule has 2 aliphatic heterocycles. The topological polar surface area (TPSA) is 44.8 Å². The maximum atomic E-state index is 11.6. The number of carbonyl (C=O) groups is 1. The van der Waals surface area contributed by atoms with Crippen LogP contribution in [0.1, 0.15) is 6.42 Å². The molecule has 5 heteroatoms. The van der Waals surface area contributed by atoms with E-state index in [1.165, 1.54) is 6.42 Å². The molecule has 2 aliphatic rings. The van der Waals surface area contributed by atoms with Gasteiger partial charge in [-0.2, -0.15) is 0 Å². The molecule has 2 heterocycles. The zero-order chi connectivity index (χ0) is 11.4. The van der Waals surface area contributed by atoms with Crippen molar-refractivity contribution in [1.29, 1.82) is 0 Å². The molecule has 1 unspecified atom stereocenters. The molecule has 0 aliphatic carbocycles. The number of amides is 1. The van der Waals surface area contributed by atoms with E-state index < -0.39 is 0 Å². The Labute approximate surface area is 96.7 Å². The number of hydrogen-bond donors (Lipinski definition) is 1. The van der Waals surface area contributed by atoms with Crippen LogP contribution in [0.25, 0.3) is 0 Å². The predicted molar refractivity (Wildman–Crippen MR) is 61.3 cm³/mol. The highest BCUT2D eigenvalue weighted by molar-refractivity contribution is 5.77. The zero-order valence-corrected chi connectivity index (χ0v) is 9.95. The second-order valence-corrected chi connectivity index (χ2v) is 4.50. The lowest BCUT2D eigenvalue weighted by Gasteiger charge is -2.37. The van der Waals surface area contributed by atoms with Crippen LogP contribution in [-0.4, -0.2) is 74.7 Å². The van der Waals surface area contributed by atoms with Crippen molar-refractivity contribution in [3.05, 3.63) is 0 Å². The van der Waals surface area contributed by atoms with Gasteiger partial charge in [-0.25, -0.2) is 0 Å². The Morgan fingerprint density at radius 2 is 2.12 bits per heavy atom. The molecule has 0 radical (unpaired) electrons. The van der Waals surface area contributed by atoms with Gasteiger partial charge in [0.15, 0.2) is 0 Å². The van der Waals surface area contributed by atoms with Gasteiger partial charge in [-0.3, -0.25) is 9.69 Å². The number of nitrogens with one attached hydrogen (secondary N) is 1. The molecule has 1 amide bonds. The number of piperazine rings is 1. The van der Waals surface area contributed by atoms with Crippen LogP contribution in [0, 0.1) is 0 Å². The summed E-state index contributed by atoms with van der Waals surface area (Å²) in [5, 5.41) is 3.38. The number of rotatable bonds is 3. The summed E-state index contributed by atoms with van der Waals surface area (Å²) >= 11 is 0. The standard InChI is InChI=1S/C11H21N3O2/c1-16-9-11(15)14-6-4-13(5-7-14)10-2-3-12-8-10/h10,12H,2-9H2,1H3. The molecule has 0 aromatic heterocycles. The minimum absolute atomic E-state index is 0.117. The third-order valence-corrected chi connectivity index (χ3v) is 3.49. The Morgan fingerprint density at radius 1 is 1.38 bits per heavy atom. The van der Waals surface area contributed by atoms with E-state index in [-0.39, 0.29) is 12.5 Å². The van der Waals surface area contributed by atoms with E-state index >= 15 is 0 Å². The van der Waals surface area contributed by atoms with Crippen LogP contribution in [0.15, 0.2) is 0 Å². The summed E-state index contributed by atoms with van der Waals surface area (Å²) in [7, 11) is 1.57. The Hall–Kier alpha value is -0.650. The summed E-state index contributed by atoms with van der Waals surface area (Å²) < 4.78 is 4.87. The molecule has 2 fully saturated rings. The van der Waals surface area contributed by atoms with Gasteiger partial charge in [-0.1, -0.05) is 0 Å². The number of methoxy groups -OCH3 is 1. The van der Waals surface area contributed by atoms with E-state index in [0.717, 1.165) is 39.3 Å². The molecule has 0 spiro atoms. The van der Waals surface area contributed by atoms with Crippen LogP contribution >= 0.6 is 0 Å². The lowest BCUT2D eigenvalue weighted by atomic mass is 10.2. The molecule has 5 nitrogen and oxygen atoms in total. The van der Waals surface area contributed by atoms with Crippen LogP contribution in [0.4, 0.5) is 0 Å². The number of nitrogens with zero attached hydrogens (tertiary/aromatic N) is 2. The largest absolute Gasteiger partial charge is 0.375 e.